The van der Waals surface area contributed by atoms with Crippen LogP contribution >= 0.6 is 0 Å². The number of carbonyl (C=O) groups is 1. The molecule has 0 heterocycles. The Morgan fingerprint density at radius 2 is 1.75 bits per heavy atom. The number of nitrogens with one attached hydrogen (secondary N) is 2. The van der Waals surface area contributed by atoms with Crippen LogP contribution in [0.15, 0.2) is 54.6 Å². The van der Waals surface area contributed by atoms with E-state index in [1.165, 1.54) is 24.3 Å². The van der Waals surface area contributed by atoms with E-state index in [0.29, 0.717) is 5.69 Å². The minimum absolute atomic E-state index is 0.0448. The molecule has 0 saturated heterocycles. The zero-order valence-electron chi connectivity index (χ0n) is 11.3. The van der Waals surface area contributed by atoms with E-state index in [2.05, 4.69) is 10.6 Å². The molecule has 0 radical (unpaired) electrons. The first kappa shape index (κ1) is 14.1. The fourth-order valence-electron chi connectivity index (χ4n) is 1.97. The number of hydrogen-bond donors (Lipinski definition) is 2. The Balaban J connectivity index is 1.97. The van der Waals surface area contributed by atoms with Crippen LogP contribution in [0.4, 0.5) is 14.9 Å². The summed E-state index contributed by atoms with van der Waals surface area (Å²) in [6.45, 7) is 2.01. The van der Waals surface area contributed by atoms with Crippen molar-refractivity contribution in [3.63, 3.8) is 0 Å². The number of urea groups is 1. The van der Waals surface area contributed by atoms with E-state index < -0.39 is 0 Å². The molecule has 20 heavy (non-hydrogen) atoms. The molecule has 0 aromatic heterocycles. The van der Waals surface area contributed by atoms with Gasteiger partial charge in [0.25, 0.3) is 0 Å². The highest BCUT2D eigenvalue weighted by molar-refractivity contribution is 5.89. The van der Waals surface area contributed by atoms with Crippen molar-refractivity contribution in [2.75, 3.05) is 5.32 Å². The molecule has 0 aliphatic carbocycles. The maximum Gasteiger partial charge on any atom is 0.319 e. The summed E-state index contributed by atoms with van der Waals surface area (Å²) >= 11 is 0. The van der Waals surface area contributed by atoms with Crippen LogP contribution < -0.4 is 10.6 Å². The van der Waals surface area contributed by atoms with Crippen molar-refractivity contribution in [2.45, 2.75) is 19.4 Å². The second-order valence-electron chi connectivity index (χ2n) is 4.48. The molecule has 1 atom stereocenters. The molecule has 0 fully saturated rings. The first-order valence-electron chi connectivity index (χ1n) is 6.57. The third-order valence-electron chi connectivity index (χ3n) is 3.02. The van der Waals surface area contributed by atoms with Gasteiger partial charge in [-0.2, -0.15) is 0 Å². The van der Waals surface area contributed by atoms with E-state index in [1.54, 1.807) is 0 Å². The molecule has 2 aromatic rings. The van der Waals surface area contributed by atoms with Crippen LogP contribution in [0.5, 0.6) is 0 Å². The molecule has 0 unspecified atom stereocenters. The standard InChI is InChI=1S/C16H17FN2O/c1-2-15(12-6-4-3-5-7-12)19-16(20)18-14-10-8-13(17)9-11-14/h3-11,15H,2H2,1H3,(H2,18,19,20)/t15-/m0/s1. The molecule has 0 spiro atoms. The zero-order valence-corrected chi connectivity index (χ0v) is 11.3. The normalized spacial score (nSPS) is 11.7. The largest absolute Gasteiger partial charge is 0.331 e. The molecular formula is C16H17FN2O. The van der Waals surface area contributed by atoms with E-state index in [-0.39, 0.29) is 17.9 Å². The Hall–Kier alpha value is -2.36. The van der Waals surface area contributed by atoms with Crippen LogP contribution in [-0.4, -0.2) is 6.03 Å². The smallest absolute Gasteiger partial charge is 0.319 e. The summed E-state index contributed by atoms with van der Waals surface area (Å²) in [6.07, 6.45) is 0.793. The number of amides is 2. The summed E-state index contributed by atoms with van der Waals surface area (Å²) in [6, 6.07) is 15.1. The molecule has 2 rings (SSSR count). The van der Waals surface area contributed by atoms with Gasteiger partial charge in [-0.25, -0.2) is 9.18 Å². The van der Waals surface area contributed by atoms with Crippen LogP contribution in [0.3, 0.4) is 0 Å². The third-order valence-corrected chi connectivity index (χ3v) is 3.02. The van der Waals surface area contributed by atoms with Crippen molar-refractivity contribution in [3.05, 3.63) is 66.0 Å². The second kappa shape index (κ2) is 6.70. The zero-order chi connectivity index (χ0) is 14.4. The van der Waals surface area contributed by atoms with Crippen molar-refractivity contribution < 1.29 is 9.18 Å². The first-order valence-corrected chi connectivity index (χ1v) is 6.57. The number of hydrogen-bond acceptors (Lipinski definition) is 1. The van der Waals surface area contributed by atoms with Gasteiger partial charge >= 0.3 is 6.03 Å². The molecule has 2 aromatic carbocycles. The van der Waals surface area contributed by atoms with Gasteiger partial charge in [-0.1, -0.05) is 37.3 Å². The fourth-order valence-corrected chi connectivity index (χ4v) is 1.97. The average molecular weight is 272 g/mol. The van der Waals surface area contributed by atoms with Crippen molar-refractivity contribution in [1.29, 1.82) is 0 Å². The quantitative estimate of drug-likeness (QED) is 0.864. The Bertz CT molecular complexity index is 554. The number of anilines is 1. The summed E-state index contributed by atoms with van der Waals surface area (Å²) in [5.74, 6) is -0.327. The molecule has 104 valence electrons. The fraction of sp³-hybridized carbons (Fsp3) is 0.188. The summed E-state index contributed by atoms with van der Waals surface area (Å²) in [5, 5.41) is 5.59. The Kier molecular flexibility index (Phi) is 4.71. The predicted molar refractivity (Wildman–Crippen MR) is 78.0 cm³/mol. The molecule has 0 aliphatic heterocycles. The molecule has 4 heteroatoms. The maximum atomic E-state index is 12.8. The minimum atomic E-state index is -0.327. The second-order valence-corrected chi connectivity index (χ2v) is 4.48. The predicted octanol–water partition coefficient (Wildman–Crippen LogP) is 4.10. The van der Waals surface area contributed by atoms with Crippen LogP contribution in [0.1, 0.15) is 24.9 Å². The van der Waals surface area contributed by atoms with Crippen molar-refractivity contribution in [1.82, 2.24) is 5.32 Å². The number of benzene rings is 2. The molecule has 3 nitrogen and oxygen atoms in total. The molecule has 0 aliphatic rings. The summed E-state index contributed by atoms with van der Waals surface area (Å²) in [7, 11) is 0. The third kappa shape index (κ3) is 3.82. The van der Waals surface area contributed by atoms with Crippen LogP contribution in [0, 0.1) is 5.82 Å². The number of carbonyl (C=O) groups excluding carboxylic acids is 1. The minimum Gasteiger partial charge on any atom is -0.331 e. The maximum absolute atomic E-state index is 12.8. The molecular weight excluding hydrogens is 255 g/mol. The van der Waals surface area contributed by atoms with Gasteiger partial charge in [0.05, 0.1) is 6.04 Å². The number of halogens is 1. The highest BCUT2D eigenvalue weighted by Crippen LogP contribution is 2.16. The Morgan fingerprint density at radius 3 is 2.35 bits per heavy atom. The van der Waals surface area contributed by atoms with Gasteiger partial charge in [-0.15, -0.1) is 0 Å². The van der Waals surface area contributed by atoms with Gasteiger partial charge < -0.3 is 10.6 Å². The van der Waals surface area contributed by atoms with Crippen LogP contribution in [-0.2, 0) is 0 Å². The SMILES string of the molecule is CC[C@H](NC(=O)Nc1ccc(F)cc1)c1ccccc1. The van der Waals surface area contributed by atoms with Crippen LogP contribution in [0.25, 0.3) is 0 Å². The van der Waals surface area contributed by atoms with Gasteiger partial charge in [-0.05, 0) is 36.2 Å². The summed E-state index contributed by atoms with van der Waals surface area (Å²) in [4.78, 5) is 11.9. The average Bonchev–Trinajstić information content (AvgIpc) is 2.48. The summed E-state index contributed by atoms with van der Waals surface area (Å²) < 4.78 is 12.8. The Labute approximate surface area is 117 Å². The van der Waals surface area contributed by atoms with Gasteiger partial charge in [0.2, 0.25) is 0 Å². The lowest BCUT2D eigenvalue weighted by Crippen LogP contribution is -2.32. The van der Waals surface area contributed by atoms with Crippen molar-refractivity contribution in [3.8, 4) is 0 Å². The molecule has 0 saturated carbocycles. The van der Waals surface area contributed by atoms with Gasteiger partial charge in [-0.3, -0.25) is 0 Å². The lowest BCUT2D eigenvalue weighted by Gasteiger charge is -2.17. The van der Waals surface area contributed by atoms with Crippen molar-refractivity contribution in [2.24, 2.45) is 0 Å². The van der Waals surface area contributed by atoms with E-state index in [4.69, 9.17) is 0 Å². The number of rotatable bonds is 4. The van der Waals surface area contributed by atoms with Gasteiger partial charge in [0.15, 0.2) is 0 Å². The molecule has 2 N–H and O–H groups in total. The van der Waals surface area contributed by atoms with E-state index in [1.807, 2.05) is 37.3 Å². The van der Waals surface area contributed by atoms with Crippen molar-refractivity contribution >= 4 is 11.7 Å². The van der Waals surface area contributed by atoms with Gasteiger partial charge in [0.1, 0.15) is 5.82 Å². The molecule has 2 amide bonds. The van der Waals surface area contributed by atoms with Crippen LogP contribution in [0.2, 0.25) is 0 Å². The lowest BCUT2D eigenvalue weighted by molar-refractivity contribution is 0.248. The first-order chi connectivity index (χ1) is 9.69. The highest BCUT2D eigenvalue weighted by Gasteiger charge is 2.12. The highest BCUT2D eigenvalue weighted by atomic mass is 19.1. The topological polar surface area (TPSA) is 41.1 Å². The lowest BCUT2D eigenvalue weighted by atomic mass is 10.1. The van der Waals surface area contributed by atoms with Gasteiger partial charge in [0, 0.05) is 5.69 Å². The monoisotopic (exact) mass is 272 g/mol. The Morgan fingerprint density at radius 1 is 1.10 bits per heavy atom. The summed E-state index contributed by atoms with van der Waals surface area (Å²) in [5.41, 5.74) is 1.62. The van der Waals surface area contributed by atoms with E-state index in [9.17, 15) is 9.18 Å². The van der Waals surface area contributed by atoms with E-state index >= 15 is 0 Å². The van der Waals surface area contributed by atoms with E-state index in [0.717, 1.165) is 12.0 Å². The molecule has 0 bridgehead atoms.